The minimum Gasteiger partial charge on any atom is -0.494 e. The molecule has 2 nitrogen and oxygen atoms in total. The fraction of sp³-hybridized carbons (Fsp3) is 0.462. The number of rotatable bonds is 11. The first-order chi connectivity index (χ1) is 14.0. The largest absolute Gasteiger partial charge is 0.494 e. The lowest BCUT2D eigenvalue weighted by Gasteiger charge is -2.18. The molecule has 0 unspecified atom stereocenters. The quantitative estimate of drug-likeness (QED) is 0.265. The van der Waals surface area contributed by atoms with Crippen molar-refractivity contribution in [2.24, 2.45) is 5.41 Å². The van der Waals surface area contributed by atoms with Gasteiger partial charge in [-0.15, -0.1) is 12.4 Å². The Labute approximate surface area is 193 Å². The Morgan fingerprint density at radius 3 is 2.63 bits per heavy atom. The highest BCUT2D eigenvalue weighted by atomic mass is 35.5. The SMILES string of the molecule is CCN(CC=CC#CC(C)(C)C)CCCCCOc1cccc(-c2ccsc2)c1.Cl. The van der Waals surface area contributed by atoms with Gasteiger partial charge in [0.15, 0.2) is 0 Å². The number of hydrogen-bond acceptors (Lipinski definition) is 3. The van der Waals surface area contributed by atoms with E-state index in [1.807, 2.05) is 12.1 Å². The van der Waals surface area contributed by atoms with Crippen LogP contribution in [0.4, 0.5) is 0 Å². The molecule has 0 aliphatic carbocycles. The number of thiophene rings is 1. The van der Waals surface area contributed by atoms with Crippen LogP contribution in [0.25, 0.3) is 11.1 Å². The molecular formula is C26H36ClNOS. The highest BCUT2D eigenvalue weighted by Crippen LogP contribution is 2.25. The van der Waals surface area contributed by atoms with E-state index in [0.717, 1.165) is 38.4 Å². The predicted octanol–water partition coefficient (Wildman–Crippen LogP) is 7.31. The maximum Gasteiger partial charge on any atom is 0.119 e. The summed E-state index contributed by atoms with van der Waals surface area (Å²) in [4.78, 5) is 2.46. The first-order valence-electron chi connectivity index (χ1n) is 10.6. The summed E-state index contributed by atoms with van der Waals surface area (Å²) < 4.78 is 5.96. The van der Waals surface area contributed by atoms with Gasteiger partial charge in [-0.2, -0.15) is 11.3 Å². The molecule has 30 heavy (non-hydrogen) atoms. The minimum absolute atomic E-state index is 0. The van der Waals surface area contributed by atoms with Crippen molar-refractivity contribution in [1.29, 1.82) is 0 Å². The second-order valence-electron chi connectivity index (χ2n) is 8.26. The molecule has 0 aliphatic heterocycles. The summed E-state index contributed by atoms with van der Waals surface area (Å²) in [7, 11) is 0. The predicted molar refractivity (Wildman–Crippen MR) is 135 cm³/mol. The molecule has 1 aromatic carbocycles. The lowest BCUT2D eigenvalue weighted by molar-refractivity contribution is 0.284. The van der Waals surface area contributed by atoms with Crippen LogP contribution in [-0.4, -0.2) is 31.1 Å². The molecule has 0 radical (unpaired) electrons. The van der Waals surface area contributed by atoms with Gasteiger partial charge in [0, 0.05) is 12.0 Å². The van der Waals surface area contributed by atoms with Crippen molar-refractivity contribution in [2.75, 3.05) is 26.2 Å². The molecule has 2 aromatic rings. The molecule has 0 saturated carbocycles. The van der Waals surface area contributed by atoms with Crippen LogP contribution < -0.4 is 4.74 Å². The number of unbranched alkanes of at least 4 members (excludes halogenated alkanes) is 2. The molecule has 0 saturated heterocycles. The summed E-state index contributed by atoms with van der Waals surface area (Å²) in [6.45, 7) is 12.6. The van der Waals surface area contributed by atoms with E-state index in [1.165, 1.54) is 24.0 Å². The molecular weight excluding hydrogens is 410 g/mol. The zero-order valence-corrected chi connectivity index (χ0v) is 20.5. The number of likely N-dealkylation sites (N-methyl/N-ethyl adjacent to an activating group) is 1. The van der Waals surface area contributed by atoms with Crippen LogP contribution in [0.1, 0.15) is 47.0 Å². The molecule has 0 atom stereocenters. The van der Waals surface area contributed by atoms with Crippen molar-refractivity contribution >= 4 is 23.7 Å². The summed E-state index contributed by atoms with van der Waals surface area (Å²) in [5.41, 5.74) is 2.56. The minimum atomic E-state index is 0. The second-order valence-corrected chi connectivity index (χ2v) is 9.04. The summed E-state index contributed by atoms with van der Waals surface area (Å²) >= 11 is 1.72. The van der Waals surface area contributed by atoms with E-state index < -0.39 is 0 Å². The van der Waals surface area contributed by atoms with E-state index in [0.29, 0.717) is 0 Å². The summed E-state index contributed by atoms with van der Waals surface area (Å²) in [5.74, 6) is 7.34. The van der Waals surface area contributed by atoms with Crippen molar-refractivity contribution in [2.45, 2.75) is 47.0 Å². The van der Waals surface area contributed by atoms with Crippen LogP contribution in [0.3, 0.4) is 0 Å². The third kappa shape index (κ3) is 10.9. The Morgan fingerprint density at radius 1 is 1.10 bits per heavy atom. The summed E-state index contributed by atoms with van der Waals surface area (Å²) in [5, 5.41) is 4.28. The van der Waals surface area contributed by atoms with Crippen LogP contribution in [0, 0.1) is 17.3 Å². The van der Waals surface area contributed by atoms with E-state index in [4.69, 9.17) is 4.74 Å². The molecule has 164 valence electrons. The van der Waals surface area contributed by atoms with Crippen LogP contribution >= 0.6 is 23.7 Å². The molecule has 0 fully saturated rings. The Balaban J connectivity index is 0.00000450. The third-order valence-corrected chi connectivity index (χ3v) is 5.22. The van der Waals surface area contributed by atoms with Crippen LogP contribution in [-0.2, 0) is 0 Å². The molecule has 0 aliphatic rings. The van der Waals surface area contributed by atoms with Crippen molar-refractivity contribution in [1.82, 2.24) is 4.90 Å². The summed E-state index contributed by atoms with van der Waals surface area (Å²) in [6.07, 6.45) is 7.65. The number of nitrogens with zero attached hydrogens (tertiary/aromatic N) is 1. The highest BCUT2D eigenvalue weighted by Gasteiger charge is 2.03. The van der Waals surface area contributed by atoms with Gasteiger partial charge in [0.25, 0.3) is 0 Å². The molecule has 1 aromatic heterocycles. The van der Waals surface area contributed by atoms with Crippen molar-refractivity contribution in [3.63, 3.8) is 0 Å². The lowest BCUT2D eigenvalue weighted by atomic mass is 9.98. The van der Waals surface area contributed by atoms with Crippen LogP contribution in [0.5, 0.6) is 5.75 Å². The van der Waals surface area contributed by atoms with Gasteiger partial charge in [0.05, 0.1) is 6.61 Å². The average molecular weight is 446 g/mol. The monoisotopic (exact) mass is 445 g/mol. The first-order valence-corrected chi connectivity index (χ1v) is 11.6. The normalized spacial score (nSPS) is 11.2. The standard InChI is InChI=1S/C26H35NOS.ClH/c1-5-27(17-9-6-8-16-26(2,3)4)18-10-7-11-19-28-25-14-12-13-23(21-25)24-15-20-29-22-24;/h6,9,12-15,20-22H,5,7,10-11,17-19H2,1-4H3;1H. The van der Waals surface area contributed by atoms with Crippen molar-refractivity contribution < 1.29 is 4.74 Å². The van der Waals surface area contributed by atoms with Gasteiger partial charge in [-0.05, 0) is 99.3 Å². The lowest BCUT2D eigenvalue weighted by Crippen LogP contribution is -2.24. The highest BCUT2D eigenvalue weighted by molar-refractivity contribution is 7.08. The van der Waals surface area contributed by atoms with Crippen LogP contribution in [0.15, 0.2) is 53.2 Å². The van der Waals surface area contributed by atoms with Gasteiger partial charge in [-0.3, -0.25) is 4.90 Å². The average Bonchev–Trinajstić information content (AvgIpc) is 3.23. The van der Waals surface area contributed by atoms with Gasteiger partial charge < -0.3 is 4.74 Å². The number of hydrogen-bond donors (Lipinski definition) is 0. The zero-order chi connectivity index (χ0) is 21.0. The van der Waals surface area contributed by atoms with Gasteiger partial charge in [0.2, 0.25) is 0 Å². The number of ether oxygens (including phenoxy) is 1. The smallest absolute Gasteiger partial charge is 0.119 e. The molecule has 0 amide bonds. The topological polar surface area (TPSA) is 12.5 Å². The summed E-state index contributed by atoms with van der Waals surface area (Å²) in [6, 6.07) is 10.5. The third-order valence-electron chi connectivity index (χ3n) is 4.54. The Morgan fingerprint density at radius 2 is 1.93 bits per heavy atom. The fourth-order valence-corrected chi connectivity index (χ4v) is 3.56. The molecule has 2 rings (SSSR count). The van der Waals surface area contributed by atoms with E-state index in [9.17, 15) is 0 Å². The molecule has 0 N–H and O–H groups in total. The number of halogens is 1. The second kappa shape index (κ2) is 14.3. The number of allylic oxidation sites excluding steroid dienone is 1. The maximum absolute atomic E-state index is 5.96. The Bertz CT molecular complexity index is 796. The van der Waals surface area contributed by atoms with Crippen molar-refractivity contribution in [3.8, 4) is 28.7 Å². The van der Waals surface area contributed by atoms with Gasteiger partial charge >= 0.3 is 0 Å². The zero-order valence-electron chi connectivity index (χ0n) is 18.8. The first kappa shape index (κ1) is 26.3. The fourth-order valence-electron chi connectivity index (χ4n) is 2.90. The maximum atomic E-state index is 5.96. The Hall–Kier alpha value is -1.73. The van der Waals surface area contributed by atoms with Gasteiger partial charge in [-0.25, -0.2) is 0 Å². The van der Waals surface area contributed by atoms with Gasteiger partial charge in [-0.1, -0.05) is 37.0 Å². The van der Waals surface area contributed by atoms with E-state index in [-0.39, 0.29) is 17.8 Å². The molecule has 0 spiro atoms. The molecule has 1 heterocycles. The van der Waals surface area contributed by atoms with E-state index in [1.54, 1.807) is 11.3 Å². The molecule has 4 heteroatoms. The van der Waals surface area contributed by atoms with Crippen molar-refractivity contribution in [3.05, 3.63) is 53.2 Å². The van der Waals surface area contributed by atoms with Crippen LogP contribution in [0.2, 0.25) is 0 Å². The van der Waals surface area contributed by atoms with Gasteiger partial charge in [0.1, 0.15) is 5.75 Å². The Kier molecular flexibility index (Phi) is 12.5. The van der Waals surface area contributed by atoms with E-state index in [2.05, 4.69) is 85.5 Å². The van der Waals surface area contributed by atoms with E-state index >= 15 is 0 Å². The number of benzene rings is 1. The molecule has 0 bridgehead atoms.